The minimum Gasteiger partial charge on any atom is -0.486 e. The van der Waals surface area contributed by atoms with Crippen molar-refractivity contribution in [3.05, 3.63) is 52.9 Å². The molecule has 0 bridgehead atoms. The van der Waals surface area contributed by atoms with E-state index in [1.165, 1.54) is 0 Å². The van der Waals surface area contributed by atoms with E-state index in [0.29, 0.717) is 34.7 Å². The number of ether oxygens (including phenoxy) is 2. The van der Waals surface area contributed by atoms with E-state index in [0.717, 1.165) is 19.4 Å². The van der Waals surface area contributed by atoms with Crippen molar-refractivity contribution < 1.29 is 18.3 Å². The van der Waals surface area contributed by atoms with Gasteiger partial charge in [-0.1, -0.05) is 11.6 Å². The Balaban J connectivity index is 1.41. The molecule has 0 aliphatic carbocycles. The molecular formula is C20H18ClN3O4. The van der Waals surface area contributed by atoms with Crippen LogP contribution in [0.2, 0.25) is 5.02 Å². The molecule has 28 heavy (non-hydrogen) atoms. The summed E-state index contributed by atoms with van der Waals surface area (Å²) in [6, 6.07) is 12.6. The quantitative estimate of drug-likeness (QED) is 0.618. The van der Waals surface area contributed by atoms with Crippen molar-refractivity contribution in [1.29, 1.82) is 5.26 Å². The Hall–Kier alpha value is -2.95. The molecule has 0 saturated carbocycles. The maximum absolute atomic E-state index is 9.30. The van der Waals surface area contributed by atoms with Gasteiger partial charge in [0.15, 0.2) is 5.76 Å². The summed E-state index contributed by atoms with van der Waals surface area (Å²) in [6.07, 6.45) is 2.16. The van der Waals surface area contributed by atoms with Gasteiger partial charge in [0.25, 0.3) is 5.89 Å². The Bertz CT molecular complexity index is 968. The number of hydrogen-bond acceptors (Lipinski definition) is 7. The van der Waals surface area contributed by atoms with Gasteiger partial charge in [-0.3, -0.25) is 0 Å². The monoisotopic (exact) mass is 399 g/mol. The zero-order chi connectivity index (χ0) is 19.3. The fourth-order valence-electron chi connectivity index (χ4n) is 2.89. The Morgan fingerprint density at radius 1 is 1.21 bits per heavy atom. The molecule has 0 spiro atoms. The molecule has 3 aromatic rings. The van der Waals surface area contributed by atoms with E-state index in [1.807, 2.05) is 6.07 Å². The number of benzene rings is 1. The maximum Gasteiger partial charge on any atom is 0.266 e. The summed E-state index contributed by atoms with van der Waals surface area (Å²) in [4.78, 5) is 4.21. The molecule has 1 saturated heterocycles. The highest BCUT2D eigenvalue weighted by molar-refractivity contribution is 6.30. The Kier molecular flexibility index (Phi) is 5.51. The van der Waals surface area contributed by atoms with E-state index in [4.69, 9.17) is 29.9 Å². The van der Waals surface area contributed by atoms with Crippen LogP contribution in [0, 0.1) is 11.3 Å². The van der Waals surface area contributed by atoms with Gasteiger partial charge in [0, 0.05) is 18.2 Å². The lowest BCUT2D eigenvalue weighted by Crippen LogP contribution is -2.18. The van der Waals surface area contributed by atoms with Gasteiger partial charge in [-0.2, -0.15) is 10.2 Å². The third-order valence-corrected chi connectivity index (χ3v) is 4.57. The minimum absolute atomic E-state index is 0.125. The largest absolute Gasteiger partial charge is 0.486 e. The molecule has 1 fully saturated rings. The second-order valence-corrected chi connectivity index (χ2v) is 6.77. The van der Waals surface area contributed by atoms with Crippen LogP contribution < -0.4 is 10.1 Å². The number of nitrogens with zero attached hydrogens (tertiary/aromatic N) is 2. The molecule has 4 rings (SSSR count). The predicted octanol–water partition coefficient (Wildman–Crippen LogP) is 4.63. The molecule has 0 radical (unpaired) electrons. The highest BCUT2D eigenvalue weighted by Gasteiger charge is 2.20. The molecule has 1 N–H and O–H groups in total. The molecule has 144 valence electrons. The Morgan fingerprint density at radius 2 is 2.07 bits per heavy atom. The van der Waals surface area contributed by atoms with Crippen LogP contribution in [0.15, 0.2) is 45.2 Å². The van der Waals surface area contributed by atoms with Crippen molar-refractivity contribution in [2.75, 3.05) is 18.5 Å². The molecule has 2 aromatic heterocycles. The molecule has 3 heterocycles. The topological polar surface area (TPSA) is 93.5 Å². The first-order valence-corrected chi connectivity index (χ1v) is 9.33. The first-order chi connectivity index (χ1) is 13.7. The van der Waals surface area contributed by atoms with Crippen LogP contribution in [-0.4, -0.2) is 24.2 Å². The highest BCUT2D eigenvalue weighted by atomic mass is 35.5. The van der Waals surface area contributed by atoms with E-state index >= 15 is 0 Å². The molecule has 1 aromatic carbocycles. The van der Waals surface area contributed by atoms with Crippen LogP contribution in [0.25, 0.3) is 11.7 Å². The molecular weight excluding hydrogens is 382 g/mol. The van der Waals surface area contributed by atoms with Gasteiger partial charge >= 0.3 is 0 Å². The van der Waals surface area contributed by atoms with Crippen LogP contribution in [0.4, 0.5) is 5.88 Å². The zero-order valence-corrected chi connectivity index (χ0v) is 15.7. The minimum atomic E-state index is 0.125. The molecule has 1 atom stereocenters. The number of furan rings is 1. The fraction of sp³-hybridized carbons (Fsp3) is 0.300. The number of nitrogens with one attached hydrogen (secondary N) is 1. The summed E-state index contributed by atoms with van der Waals surface area (Å²) in [5.41, 5.74) is 0.184. The van der Waals surface area contributed by atoms with E-state index in [2.05, 4.69) is 10.3 Å². The van der Waals surface area contributed by atoms with E-state index < -0.39 is 0 Å². The second kappa shape index (κ2) is 8.38. The lowest BCUT2D eigenvalue weighted by atomic mass is 10.2. The standard InChI is InChI=1S/C20H18ClN3O4/c21-13-3-5-14(6-4-13)26-12-16-7-8-18(27-16)20-24-17(10-22)19(28-20)23-11-15-2-1-9-25-15/h3-8,15,23H,1-2,9,11-12H2/t15-/m0/s1. The van der Waals surface area contributed by atoms with Gasteiger partial charge < -0.3 is 23.6 Å². The number of aromatic nitrogens is 1. The lowest BCUT2D eigenvalue weighted by Gasteiger charge is -2.09. The third-order valence-electron chi connectivity index (χ3n) is 4.31. The molecule has 7 nitrogen and oxygen atoms in total. The lowest BCUT2D eigenvalue weighted by molar-refractivity contribution is 0.120. The van der Waals surface area contributed by atoms with E-state index in [-0.39, 0.29) is 24.3 Å². The molecule has 0 amide bonds. The fourth-order valence-corrected chi connectivity index (χ4v) is 3.01. The van der Waals surface area contributed by atoms with Crippen molar-refractivity contribution in [3.8, 4) is 23.5 Å². The Labute approximate surface area is 166 Å². The number of nitriles is 1. The van der Waals surface area contributed by atoms with Crippen molar-refractivity contribution in [2.24, 2.45) is 0 Å². The van der Waals surface area contributed by atoms with Crippen LogP contribution in [0.1, 0.15) is 24.3 Å². The van der Waals surface area contributed by atoms with E-state index in [9.17, 15) is 5.26 Å². The van der Waals surface area contributed by atoms with Crippen LogP contribution in [-0.2, 0) is 11.3 Å². The number of halogens is 1. The van der Waals surface area contributed by atoms with Crippen molar-refractivity contribution in [2.45, 2.75) is 25.6 Å². The summed E-state index contributed by atoms with van der Waals surface area (Å²) in [7, 11) is 0. The van der Waals surface area contributed by atoms with Gasteiger partial charge in [0.05, 0.1) is 6.10 Å². The average molecular weight is 400 g/mol. The molecule has 0 unspecified atom stereocenters. The number of hydrogen-bond donors (Lipinski definition) is 1. The summed E-state index contributed by atoms with van der Waals surface area (Å²) < 4.78 is 22.7. The Morgan fingerprint density at radius 3 is 2.82 bits per heavy atom. The van der Waals surface area contributed by atoms with Crippen molar-refractivity contribution in [1.82, 2.24) is 4.98 Å². The summed E-state index contributed by atoms with van der Waals surface area (Å²) in [5.74, 6) is 2.28. The normalized spacial score (nSPS) is 16.1. The average Bonchev–Trinajstić information content (AvgIpc) is 3.45. The number of anilines is 1. The predicted molar refractivity (Wildman–Crippen MR) is 102 cm³/mol. The smallest absolute Gasteiger partial charge is 0.266 e. The van der Waals surface area contributed by atoms with Gasteiger partial charge in [0.1, 0.15) is 24.2 Å². The van der Waals surface area contributed by atoms with Gasteiger partial charge in [-0.05, 0) is 49.2 Å². The molecule has 1 aliphatic rings. The summed E-state index contributed by atoms with van der Waals surface area (Å²) in [5, 5.41) is 13.0. The molecule has 1 aliphatic heterocycles. The maximum atomic E-state index is 9.30. The van der Waals surface area contributed by atoms with Crippen molar-refractivity contribution in [3.63, 3.8) is 0 Å². The number of rotatable bonds is 7. The van der Waals surface area contributed by atoms with Crippen LogP contribution in [0.3, 0.4) is 0 Å². The molecule has 8 heteroatoms. The van der Waals surface area contributed by atoms with Gasteiger partial charge in [0.2, 0.25) is 11.6 Å². The summed E-state index contributed by atoms with van der Waals surface area (Å²) in [6.45, 7) is 1.59. The van der Waals surface area contributed by atoms with Crippen molar-refractivity contribution >= 4 is 17.5 Å². The van der Waals surface area contributed by atoms with Crippen LogP contribution >= 0.6 is 11.6 Å². The van der Waals surface area contributed by atoms with Crippen LogP contribution in [0.5, 0.6) is 5.75 Å². The summed E-state index contributed by atoms with van der Waals surface area (Å²) >= 11 is 5.86. The first kappa shape index (κ1) is 18.4. The van der Waals surface area contributed by atoms with E-state index in [1.54, 1.807) is 36.4 Å². The van der Waals surface area contributed by atoms with Gasteiger partial charge in [-0.25, -0.2) is 0 Å². The zero-order valence-electron chi connectivity index (χ0n) is 15.0. The first-order valence-electron chi connectivity index (χ1n) is 8.95. The number of oxazole rings is 1. The highest BCUT2D eigenvalue weighted by Crippen LogP contribution is 2.28. The second-order valence-electron chi connectivity index (χ2n) is 6.33. The third kappa shape index (κ3) is 4.30. The SMILES string of the molecule is N#Cc1nc(-c2ccc(COc3ccc(Cl)cc3)o2)oc1NC[C@@H]1CCCO1. The van der Waals surface area contributed by atoms with Gasteiger partial charge in [-0.15, -0.1) is 0 Å².